The number of aliphatic carboxylic acids is 3. The molecule has 0 unspecified atom stereocenters. The number of carbonyl (C=O) groups excluding carboxylic acids is 3. The molecule has 3 saturated heterocycles. The number of likely N-dealkylation sites (N-methyl/N-ethyl adjacent to an activating group) is 1. The van der Waals surface area contributed by atoms with Gasteiger partial charge in [0.2, 0.25) is 11.8 Å². The lowest BCUT2D eigenvalue weighted by atomic mass is 9.82. The van der Waals surface area contributed by atoms with Gasteiger partial charge in [-0.1, -0.05) is 47.5 Å². The van der Waals surface area contributed by atoms with Gasteiger partial charge in [0, 0.05) is 64.2 Å². The van der Waals surface area contributed by atoms with Gasteiger partial charge < -0.3 is 40.0 Å². The molecule has 3 aliphatic heterocycles. The summed E-state index contributed by atoms with van der Waals surface area (Å²) in [5.41, 5.74) is -1.75. The minimum Gasteiger partial charge on any atom is -0.481 e. The Morgan fingerprint density at radius 2 is 1.44 bits per heavy atom. The summed E-state index contributed by atoms with van der Waals surface area (Å²) in [5, 5.41) is 34.8. The van der Waals surface area contributed by atoms with E-state index in [4.69, 9.17) is 43.6 Å². The van der Waals surface area contributed by atoms with Crippen LogP contribution < -0.4 is 0 Å². The zero-order chi connectivity index (χ0) is 40.3. The molecule has 0 spiro atoms. The van der Waals surface area contributed by atoms with E-state index in [1.807, 2.05) is 65.4 Å². The van der Waals surface area contributed by atoms with Crippen LogP contribution in [0, 0.1) is 0 Å². The van der Waals surface area contributed by atoms with Gasteiger partial charge in [-0.15, -0.1) is 0 Å². The molecule has 0 aromatic heterocycles. The Labute approximate surface area is 330 Å². The number of carboxylic acids is 3. The molecule has 0 saturated carbocycles. The highest BCUT2D eigenvalue weighted by Gasteiger charge is 2.50. The molecule has 55 heavy (non-hydrogen) atoms. The number of benzene rings is 2. The van der Waals surface area contributed by atoms with Crippen molar-refractivity contribution in [3.05, 3.63) is 69.7 Å². The van der Waals surface area contributed by atoms with E-state index in [0.717, 1.165) is 70.4 Å². The Bertz CT molecular complexity index is 1680. The largest absolute Gasteiger partial charge is 0.481 e. The number of hydrogen-bond acceptors (Lipinski definition) is 8. The van der Waals surface area contributed by atoms with Gasteiger partial charge in [-0.05, 0) is 81.3 Å². The number of piperidine rings is 2. The summed E-state index contributed by atoms with van der Waals surface area (Å²) in [7, 11) is 1.84. The Hall–Kier alpha value is -4.24. The number of halogens is 2. The van der Waals surface area contributed by atoms with Crippen LogP contribution in [0.3, 0.4) is 0 Å². The number of aliphatic hydroxyl groups is 1. The van der Waals surface area contributed by atoms with Gasteiger partial charge in [0.15, 0.2) is 5.60 Å². The van der Waals surface area contributed by atoms with Gasteiger partial charge >= 0.3 is 17.9 Å². The molecular weight excluding hydrogens is 755 g/mol. The Morgan fingerprint density at radius 3 is 1.98 bits per heavy atom. The van der Waals surface area contributed by atoms with E-state index in [2.05, 4.69) is 4.90 Å². The molecule has 0 radical (unpaired) electrons. The van der Waals surface area contributed by atoms with Crippen LogP contribution in [0.15, 0.2) is 48.5 Å². The van der Waals surface area contributed by atoms with Crippen molar-refractivity contribution in [3.8, 4) is 0 Å². The number of amides is 3. The summed E-state index contributed by atoms with van der Waals surface area (Å²) in [6, 6.07) is 15.1. The van der Waals surface area contributed by atoms with Crippen LogP contribution in [0.4, 0.5) is 0 Å². The van der Waals surface area contributed by atoms with Crippen molar-refractivity contribution < 1.29 is 49.2 Å². The van der Waals surface area contributed by atoms with Crippen molar-refractivity contribution in [2.45, 2.75) is 81.3 Å². The third-order valence-corrected chi connectivity index (χ3v) is 11.4. The molecule has 0 aliphatic carbocycles. The van der Waals surface area contributed by atoms with Crippen LogP contribution in [-0.2, 0) is 24.0 Å². The summed E-state index contributed by atoms with van der Waals surface area (Å²) < 4.78 is 0. The molecule has 2 aromatic rings. The van der Waals surface area contributed by atoms with E-state index in [1.165, 1.54) is 0 Å². The quantitative estimate of drug-likeness (QED) is 0.211. The van der Waals surface area contributed by atoms with Crippen LogP contribution in [-0.4, -0.2) is 140 Å². The third-order valence-electron chi connectivity index (χ3n) is 10.7. The molecule has 2 aromatic carbocycles. The molecule has 300 valence electrons. The number of hydrogen-bond donors (Lipinski definition) is 4. The Kier molecular flexibility index (Phi) is 15.5. The van der Waals surface area contributed by atoms with Crippen molar-refractivity contribution >= 4 is 58.8 Å². The third kappa shape index (κ3) is 11.4. The zero-order valence-corrected chi connectivity index (χ0v) is 32.5. The highest BCUT2D eigenvalue weighted by Crippen LogP contribution is 2.36. The monoisotopic (exact) mass is 804 g/mol. The Balaban J connectivity index is 0.000000444. The molecule has 1 atom stereocenters. The minimum absolute atomic E-state index is 0.0185. The van der Waals surface area contributed by atoms with Crippen LogP contribution in [0.1, 0.15) is 86.0 Å². The minimum atomic E-state index is -2.74. The highest BCUT2D eigenvalue weighted by molar-refractivity contribution is 6.42. The average Bonchev–Trinajstić information content (AvgIpc) is 3.69. The maximum absolute atomic E-state index is 13.9. The molecule has 3 amide bonds. The summed E-state index contributed by atoms with van der Waals surface area (Å²) >= 11 is 12.6. The van der Waals surface area contributed by atoms with E-state index >= 15 is 0 Å². The molecule has 14 nitrogen and oxygen atoms in total. The van der Waals surface area contributed by atoms with Crippen LogP contribution in [0.2, 0.25) is 10.0 Å². The first kappa shape index (κ1) is 43.5. The fraction of sp³-hybridized carbons (Fsp3) is 0.538. The first-order valence-electron chi connectivity index (χ1n) is 18.5. The lowest BCUT2D eigenvalue weighted by Gasteiger charge is -2.50. The van der Waals surface area contributed by atoms with Crippen molar-refractivity contribution in [1.82, 2.24) is 19.6 Å². The van der Waals surface area contributed by atoms with Gasteiger partial charge in [0.05, 0.1) is 22.9 Å². The van der Waals surface area contributed by atoms with Gasteiger partial charge in [0.1, 0.15) is 5.54 Å². The molecule has 3 heterocycles. The van der Waals surface area contributed by atoms with Crippen LogP contribution in [0.25, 0.3) is 0 Å². The number of carboxylic acid groups (broad SMARTS) is 3. The standard InChI is InChI=1S/C33H42Cl2N4O3.C6H8O7/c1-36(31(41)25-9-3-2-4-10-25)24-27(26-12-13-28(34)29(35)23-26)14-20-37-21-15-33(16-22-37,32(42)38-17-7-8-18-38)39-19-6-5-11-30(39)40;7-3(8)1-6(13,5(11)12)2-4(9)10/h2-4,9-10,12-13,23,27H,5-8,11,14-22,24H2,1H3;13H,1-2H2,(H,7,8)(H,9,10)(H,11,12)/t27-;/m1./s1. The topological polar surface area (TPSA) is 196 Å². The predicted octanol–water partition coefficient (Wildman–Crippen LogP) is 4.46. The number of carbonyl (C=O) groups is 6. The van der Waals surface area contributed by atoms with E-state index < -0.39 is 41.9 Å². The Morgan fingerprint density at radius 1 is 0.836 bits per heavy atom. The molecule has 5 rings (SSSR count). The summed E-state index contributed by atoms with van der Waals surface area (Å²) in [6.45, 7) is 5.16. The summed E-state index contributed by atoms with van der Waals surface area (Å²) in [4.78, 5) is 78.8. The van der Waals surface area contributed by atoms with E-state index in [9.17, 15) is 28.8 Å². The second-order valence-corrected chi connectivity index (χ2v) is 15.4. The number of rotatable bonds is 14. The van der Waals surface area contributed by atoms with Crippen LogP contribution in [0.5, 0.6) is 0 Å². The van der Waals surface area contributed by atoms with Gasteiger partial charge in [-0.3, -0.25) is 24.0 Å². The second-order valence-electron chi connectivity index (χ2n) is 14.6. The van der Waals surface area contributed by atoms with Crippen LogP contribution >= 0.6 is 23.2 Å². The summed E-state index contributed by atoms with van der Waals surface area (Å²) in [5.74, 6) is -4.69. The predicted molar refractivity (Wildman–Crippen MR) is 204 cm³/mol. The molecule has 3 fully saturated rings. The van der Waals surface area contributed by atoms with Gasteiger partial charge in [-0.2, -0.15) is 0 Å². The van der Waals surface area contributed by atoms with Crippen molar-refractivity contribution in [1.29, 1.82) is 0 Å². The van der Waals surface area contributed by atoms with Crippen molar-refractivity contribution in [2.75, 3.05) is 52.9 Å². The van der Waals surface area contributed by atoms with E-state index in [1.54, 1.807) is 4.90 Å². The first-order valence-corrected chi connectivity index (χ1v) is 19.3. The van der Waals surface area contributed by atoms with Crippen molar-refractivity contribution in [2.24, 2.45) is 0 Å². The SMILES string of the molecule is CN(C[C@@H](CCN1CCC(C(=O)N2CCCC2)(N2CCCCC2=O)CC1)c1ccc(Cl)c(Cl)c1)C(=O)c1ccccc1.O=C(O)CC(O)(CC(=O)O)C(=O)O. The normalized spacial score (nSPS) is 17.9. The summed E-state index contributed by atoms with van der Waals surface area (Å²) in [6.07, 6.45) is 4.36. The molecular formula is C39H50Cl2N4O10. The highest BCUT2D eigenvalue weighted by atomic mass is 35.5. The fourth-order valence-electron chi connectivity index (χ4n) is 7.62. The number of likely N-dealkylation sites (tertiary alicyclic amines) is 3. The average molecular weight is 806 g/mol. The lowest BCUT2D eigenvalue weighted by Crippen LogP contribution is -2.65. The van der Waals surface area contributed by atoms with E-state index in [-0.39, 0.29) is 23.6 Å². The van der Waals surface area contributed by atoms with E-state index in [0.29, 0.717) is 48.0 Å². The lowest BCUT2D eigenvalue weighted by molar-refractivity contribution is -0.170. The number of nitrogens with zero attached hydrogens (tertiary/aromatic N) is 4. The maximum Gasteiger partial charge on any atom is 0.336 e. The fourth-order valence-corrected chi connectivity index (χ4v) is 7.92. The molecule has 16 heteroatoms. The van der Waals surface area contributed by atoms with Crippen molar-refractivity contribution in [3.63, 3.8) is 0 Å². The molecule has 4 N–H and O–H groups in total. The second kappa shape index (κ2) is 19.6. The van der Waals surface area contributed by atoms with Gasteiger partial charge in [-0.25, -0.2) is 4.79 Å². The zero-order valence-electron chi connectivity index (χ0n) is 31.0. The van der Waals surface area contributed by atoms with Gasteiger partial charge in [0.25, 0.3) is 5.91 Å². The smallest absolute Gasteiger partial charge is 0.336 e. The molecule has 0 bridgehead atoms. The first-order chi connectivity index (χ1) is 26.1. The molecule has 3 aliphatic rings. The maximum atomic E-state index is 13.9.